The number of aliphatic hydroxyl groups is 3. The van der Waals surface area contributed by atoms with Gasteiger partial charge in [0.05, 0.1) is 25.9 Å². The van der Waals surface area contributed by atoms with E-state index in [0.717, 1.165) is 16.9 Å². The third-order valence-corrected chi connectivity index (χ3v) is 5.84. The van der Waals surface area contributed by atoms with E-state index < -0.39 is 30.3 Å². The molecule has 0 aliphatic carbocycles. The number of aliphatic hydroxyl groups excluding tert-OH is 3. The van der Waals surface area contributed by atoms with Gasteiger partial charge >= 0.3 is 0 Å². The lowest BCUT2D eigenvalue weighted by atomic mass is 9.82. The summed E-state index contributed by atoms with van der Waals surface area (Å²) in [5.74, 6) is 0.375. The molecule has 0 unspecified atom stereocenters. The van der Waals surface area contributed by atoms with Crippen LogP contribution in [0.15, 0.2) is 55.1 Å². The van der Waals surface area contributed by atoms with Crippen LogP contribution in [0.25, 0.3) is 0 Å². The van der Waals surface area contributed by atoms with Crippen LogP contribution in [0.3, 0.4) is 0 Å². The molecule has 0 spiro atoms. The van der Waals surface area contributed by atoms with Gasteiger partial charge in [-0.25, -0.2) is 0 Å². The predicted molar refractivity (Wildman–Crippen MR) is 112 cm³/mol. The maximum Gasteiger partial charge on any atom is 0.118 e. The van der Waals surface area contributed by atoms with Gasteiger partial charge in [-0.1, -0.05) is 41.9 Å². The smallest absolute Gasteiger partial charge is 0.118 e. The molecular weight excluding hydrogens is 392 g/mol. The Morgan fingerprint density at radius 2 is 1.86 bits per heavy atom. The number of halogens is 1. The SMILES string of the molecule is C=CC[C@H]1[C@H](O)[C@@H](O)[C@H](c2ccc(Cl)c(Cc3ccc(OC)cc3)c2)O[C@@H]1CO. The molecular formula is C23H27ClO5. The molecule has 156 valence electrons. The van der Waals surface area contributed by atoms with Crippen LogP contribution in [-0.2, 0) is 11.2 Å². The van der Waals surface area contributed by atoms with Crippen molar-refractivity contribution in [1.82, 2.24) is 0 Å². The first-order chi connectivity index (χ1) is 14.0. The first-order valence-corrected chi connectivity index (χ1v) is 10.0. The monoisotopic (exact) mass is 418 g/mol. The predicted octanol–water partition coefficient (Wildman–Crippen LogP) is 3.29. The number of rotatable bonds is 7. The molecule has 2 aromatic rings. The topological polar surface area (TPSA) is 79.2 Å². The minimum absolute atomic E-state index is 0.245. The molecule has 6 heteroatoms. The van der Waals surface area contributed by atoms with Gasteiger partial charge in [0.25, 0.3) is 0 Å². The fraction of sp³-hybridized carbons (Fsp3) is 0.391. The number of allylic oxidation sites excluding steroid dienone is 1. The third kappa shape index (κ3) is 4.82. The summed E-state index contributed by atoms with van der Waals surface area (Å²) >= 11 is 6.40. The molecule has 2 aromatic carbocycles. The normalized spacial score (nSPS) is 26.9. The van der Waals surface area contributed by atoms with Crippen LogP contribution in [0.5, 0.6) is 5.75 Å². The van der Waals surface area contributed by atoms with E-state index in [-0.39, 0.29) is 6.61 Å². The highest BCUT2D eigenvalue weighted by Gasteiger charge is 2.44. The molecule has 3 rings (SSSR count). The van der Waals surface area contributed by atoms with E-state index in [1.54, 1.807) is 25.3 Å². The maximum atomic E-state index is 10.7. The van der Waals surface area contributed by atoms with Crippen LogP contribution in [0.1, 0.15) is 29.2 Å². The average Bonchev–Trinajstić information content (AvgIpc) is 2.74. The number of methoxy groups -OCH3 is 1. The van der Waals surface area contributed by atoms with E-state index in [4.69, 9.17) is 21.1 Å². The van der Waals surface area contributed by atoms with E-state index in [1.807, 2.05) is 30.3 Å². The molecule has 1 aliphatic heterocycles. The van der Waals surface area contributed by atoms with Crippen molar-refractivity contribution in [3.8, 4) is 5.75 Å². The minimum atomic E-state index is -1.11. The zero-order valence-corrected chi connectivity index (χ0v) is 17.1. The van der Waals surface area contributed by atoms with Crippen molar-refractivity contribution in [3.05, 3.63) is 76.8 Å². The lowest BCUT2D eigenvalue weighted by molar-refractivity contribution is -0.210. The Morgan fingerprint density at radius 3 is 2.48 bits per heavy atom. The number of benzene rings is 2. The first kappa shape index (κ1) is 21.8. The van der Waals surface area contributed by atoms with Crippen LogP contribution >= 0.6 is 11.6 Å². The van der Waals surface area contributed by atoms with E-state index in [0.29, 0.717) is 23.4 Å². The van der Waals surface area contributed by atoms with Crippen molar-refractivity contribution in [1.29, 1.82) is 0 Å². The molecule has 5 nitrogen and oxygen atoms in total. The third-order valence-electron chi connectivity index (χ3n) is 5.47. The Morgan fingerprint density at radius 1 is 1.14 bits per heavy atom. The van der Waals surface area contributed by atoms with Gasteiger partial charge < -0.3 is 24.8 Å². The van der Waals surface area contributed by atoms with Crippen molar-refractivity contribution >= 4 is 11.6 Å². The van der Waals surface area contributed by atoms with Gasteiger partial charge in [0.2, 0.25) is 0 Å². The van der Waals surface area contributed by atoms with Gasteiger partial charge in [-0.05, 0) is 47.7 Å². The van der Waals surface area contributed by atoms with Gasteiger partial charge in [0.1, 0.15) is 18.0 Å². The van der Waals surface area contributed by atoms with Gasteiger partial charge in [-0.3, -0.25) is 0 Å². The van der Waals surface area contributed by atoms with E-state index in [2.05, 4.69) is 6.58 Å². The summed E-state index contributed by atoms with van der Waals surface area (Å²) in [5.41, 5.74) is 2.66. The van der Waals surface area contributed by atoms with Crippen molar-refractivity contribution in [2.24, 2.45) is 5.92 Å². The standard InChI is InChI=1S/C23H27ClO5/c1-3-4-18-20(13-25)29-23(22(27)21(18)26)15-7-10-19(24)16(12-15)11-14-5-8-17(28-2)9-6-14/h3,5-10,12,18,20-23,25-27H,1,4,11,13H2,2H3/t18-,20-,21+,22-,23+/m1/s1. The lowest BCUT2D eigenvalue weighted by Gasteiger charge is -2.42. The fourth-order valence-electron chi connectivity index (χ4n) is 3.83. The van der Waals surface area contributed by atoms with Gasteiger partial charge in [0.15, 0.2) is 0 Å². The molecule has 0 aromatic heterocycles. The highest BCUT2D eigenvalue weighted by molar-refractivity contribution is 6.31. The highest BCUT2D eigenvalue weighted by Crippen LogP contribution is 2.38. The Kier molecular flexibility index (Phi) is 7.33. The molecule has 1 aliphatic rings. The van der Waals surface area contributed by atoms with Gasteiger partial charge in [0, 0.05) is 10.9 Å². The van der Waals surface area contributed by atoms with Gasteiger partial charge in [-0.2, -0.15) is 0 Å². The largest absolute Gasteiger partial charge is 0.497 e. The zero-order valence-electron chi connectivity index (χ0n) is 16.4. The van der Waals surface area contributed by atoms with E-state index >= 15 is 0 Å². The molecule has 1 heterocycles. The summed E-state index contributed by atoms with van der Waals surface area (Å²) < 4.78 is 11.2. The zero-order chi connectivity index (χ0) is 21.0. The Bertz CT molecular complexity index is 821. The molecule has 0 amide bonds. The van der Waals surface area contributed by atoms with Crippen molar-refractivity contribution in [3.63, 3.8) is 0 Å². The first-order valence-electron chi connectivity index (χ1n) is 9.63. The maximum absolute atomic E-state index is 10.7. The fourth-order valence-corrected chi connectivity index (χ4v) is 4.01. The number of hydrogen-bond acceptors (Lipinski definition) is 5. The van der Waals surface area contributed by atoms with Crippen LogP contribution in [0.4, 0.5) is 0 Å². The molecule has 1 saturated heterocycles. The van der Waals surface area contributed by atoms with E-state index in [9.17, 15) is 15.3 Å². The highest BCUT2D eigenvalue weighted by atomic mass is 35.5. The second kappa shape index (κ2) is 9.74. The molecule has 0 radical (unpaired) electrons. The molecule has 5 atom stereocenters. The van der Waals surface area contributed by atoms with Crippen molar-refractivity contribution in [2.45, 2.75) is 37.3 Å². The Balaban J connectivity index is 1.85. The summed E-state index contributed by atoms with van der Waals surface area (Å²) in [4.78, 5) is 0. The molecule has 0 bridgehead atoms. The summed E-state index contributed by atoms with van der Waals surface area (Å²) in [7, 11) is 1.62. The molecule has 0 saturated carbocycles. The van der Waals surface area contributed by atoms with Crippen molar-refractivity contribution in [2.75, 3.05) is 13.7 Å². The quantitative estimate of drug-likeness (QED) is 0.601. The summed E-state index contributed by atoms with van der Waals surface area (Å²) in [6.07, 6.45) is -0.777. The summed E-state index contributed by atoms with van der Waals surface area (Å²) in [5, 5.41) is 31.6. The minimum Gasteiger partial charge on any atom is -0.497 e. The Hall–Kier alpha value is -1.89. The number of hydrogen-bond donors (Lipinski definition) is 3. The van der Waals surface area contributed by atoms with Crippen LogP contribution in [0, 0.1) is 5.92 Å². The van der Waals surface area contributed by atoms with Crippen molar-refractivity contribution < 1.29 is 24.8 Å². The summed E-state index contributed by atoms with van der Waals surface area (Å²) in [6.45, 7) is 3.43. The molecule has 3 N–H and O–H groups in total. The van der Waals surface area contributed by atoms with Crippen LogP contribution < -0.4 is 4.74 Å². The lowest BCUT2D eigenvalue weighted by Crippen LogP contribution is -2.51. The van der Waals surface area contributed by atoms with Gasteiger partial charge in [-0.15, -0.1) is 6.58 Å². The van der Waals surface area contributed by atoms with Crippen LogP contribution in [-0.4, -0.2) is 47.3 Å². The second-order valence-electron chi connectivity index (χ2n) is 7.32. The molecule has 29 heavy (non-hydrogen) atoms. The Labute approximate surface area is 176 Å². The summed E-state index contributed by atoms with van der Waals surface area (Å²) in [6, 6.07) is 13.2. The van der Waals surface area contributed by atoms with Crippen LogP contribution in [0.2, 0.25) is 5.02 Å². The molecule has 1 fully saturated rings. The second-order valence-corrected chi connectivity index (χ2v) is 7.73. The average molecular weight is 419 g/mol. The number of ether oxygens (including phenoxy) is 2. The van der Waals surface area contributed by atoms with E-state index in [1.165, 1.54) is 0 Å².